The summed E-state index contributed by atoms with van der Waals surface area (Å²) in [6, 6.07) is 0. The van der Waals surface area contributed by atoms with E-state index in [0.717, 1.165) is 12.8 Å². The van der Waals surface area contributed by atoms with Gasteiger partial charge < -0.3 is 0 Å². The molecule has 0 heterocycles. The van der Waals surface area contributed by atoms with Crippen molar-refractivity contribution in [2.24, 2.45) is 0 Å². The zero-order valence-electron chi connectivity index (χ0n) is 11.4. The fraction of sp³-hybridized carbons (Fsp3) is 0.467. The number of rotatable bonds is 2. The third kappa shape index (κ3) is 1.59. The molecule has 0 fully saturated rings. The minimum absolute atomic E-state index is 1.15. The van der Waals surface area contributed by atoms with Crippen molar-refractivity contribution in [3.63, 3.8) is 0 Å². The summed E-state index contributed by atoms with van der Waals surface area (Å²) in [6.07, 6.45) is 16.1. The predicted molar refractivity (Wildman–Crippen MR) is 73.0 cm³/mol. The Balaban J connectivity index is 2.71. The molecule has 0 saturated heterocycles. The molecule has 0 aromatic rings. The van der Waals surface area contributed by atoms with Crippen molar-refractivity contribution in [3.05, 3.63) is 43.0 Å². The van der Waals surface area contributed by atoms with Crippen molar-refractivity contribution in [3.8, 4) is 0 Å². The van der Waals surface area contributed by atoms with Gasteiger partial charge in [0.05, 0.1) is 0 Å². The maximum absolute atomic E-state index is 3.80. The molecular weight excluding hydrogens is 271 g/mol. The Morgan fingerprint density at radius 3 is 1.38 bits per heavy atom. The topological polar surface area (TPSA) is 0 Å². The quantitative estimate of drug-likeness (QED) is 0.615. The molecular formula is C15H25Zr. The van der Waals surface area contributed by atoms with Gasteiger partial charge in [-0.25, -0.2) is 0 Å². The van der Waals surface area contributed by atoms with Gasteiger partial charge in [0, 0.05) is 0 Å². The third-order valence-electron chi connectivity index (χ3n) is 5.07. The summed E-state index contributed by atoms with van der Waals surface area (Å²) in [5, 5.41) is 0. The van der Waals surface area contributed by atoms with Crippen LogP contribution in [-0.2, 0) is 15.8 Å². The van der Waals surface area contributed by atoms with E-state index in [0.29, 0.717) is 0 Å². The van der Waals surface area contributed by atoms with Gasteiger partial charge in [0.2, 0.25) is 0 Å². The Labute approximate surface area is 94.4 Å². The molecule has 0 radical (unpaired) electrons. The van der Waals surface area contributed by atoms with Crippen LogP contribution in [0.1, 0.15) is 12.8 Å². The van der Waals surface area contributed by atoms with Gasteiger partial charge in [-0.1, -0.05) is 0 Å². The summed E-state index contributed by atoms with van der Waals surface area (Å²) >= 11 is -3.80. The number of allylic oxidation sites excluding steroid dienone is 8. The SMILES string of the molecule is [CH3][Zr]([CH3])([CH3])([CH3])([CH3])([C]1=CC=CC1)[C]1=CC=CC1. The van der Waals surface area contributed by atoms with Gasteiger partial charge in [-0.15, -0.1) is 0 Å². The maximum atomic E-state index is 2.58. The van der Waals surface area contributed by atoms with Gasteiger partial charge in [-0.05, 0) is 0 Å². The van der Waals surface area contributed by atoms with Crippen LogP contribution in [0.25, 0.3) is 0 Å². The molecule has 0 saturated carbocycles. The molecule has 0 spiro atoms. The van der Waals surface area contributed by atoms with Crippen LogP contribution in [0.5, 0.6) is 0 Å². The summed E-state index contributed by atoms with van der Waals surface area (Å²) in [5.41, 5.74) is 0. The molecule has 0 nitrogen and oxygen atoms in total. The van der Waals surface area contributed by atoms with Crippen LogP contribution >= 0.6 is 0 Å². The van der Waals surface area contributed by atoms with E-state index in [1.165, 1.54) is 0 Å². The molecule has 0 atom stereocenters. The molecule has 0 unspecified atom stereocenters. The Hall–Kier alpha value is -0.157. The molecule has 0 amide bonds. The standard InChI is InChI=1S/2C5H5.5CH3.Zr/c2*1-2-4-5-3-1;;;;;;/h2*1-3H,4H2;5*1H3;. The van der Waals surface area contributed by atoms with E-state index in [2.05, 4.69) is 59.6 Å². The molecule has 2 aliphatic carbocycles. The summed E-state index contributed by atoms with van der Waals surface area (Å²) in [7, 11) is 0. The molecule has 0 aliphatic heterocycles. The van der Waals surface area contributed by atoms with E-state index in [1.54, 1.807) is 6.56 Å². The van der Waals surface area contributed by atoms with Crippen molar-refractivity contribution in [1.82, 2.24) is 0 Å². The minimum atomic E-state index is -3.80. The van der Waals surface area contributed by atoms with Gasteiger partial charge in [0.15, 0.2) is 0 Å². The average molecular weight is 297 g/mol. The monoisotopic (exact) mass is 295 g/mol. The van der Waals surface area contributed by atoms with Gasteiger partial charge >= 0.3 is 94.8 Å². The Morgan fingerprint density at radius 2 is 1.12 bits per heavy atom. The fourth-order valence-electron chi connectivity index (χ4n) is 3.14. The van der Waals surface area contributed by atoms with Crippen LogP contribution in [0.3, 0.4) is 0 Å². The number of hydrogen-bond donors (Lipinski definition) is 0. The first kappa shape index (κ1) is 12.3. The van der Waals surface area contributed by atoms with Crippen LogP contribution < -0.4 is 0 Å². The first-order chi connectivity index (χ1) is 6.96. The summed E-state index contributed by atoms with van der Waals surface area (Å²) < 4.78 is 16.3. The normalized spacial score (nSPS) is 26.7. The Morgan fingerprint density at radius 1 is 0.750 bits per heavy atom. The molecule has 0 aromatic heterocycles. The van der Waals surface area contributed by atoms with Gasteiger partial charge in [-0.2, -0.15) is 0 Å². The van der Waals surface area contributed by atoms with Crippen molar-refractivity contribution in [2.45, 2.75) is 36.0 Å². The van der Waals surface area contributed by atoms with Crippen molar-refractivity contribution in [1.29, 1.82) is 0 Å². The summed E-state index contributed by atoms with van der Waals surface area (Å²) in [6.45, 7) is 0. The summed E-state index contributed by atoms with van der Waals surface area (Å²) in [4.78, 5) is 0. The second-order valence-electron chi connectivity index (χ2n) is 10.3. The molecule has 1 heteroatoms. The second-order valence-corrected chi connectivity index (χ2v) is 50.9. The predicted octanol–water partition coefficient (Wildman–Crippen LogP) is 5.68. The first-order valence-electron chi connectivity index (χ1n) is 6.43. The van der Waals surface area contributed by atoms with Gasteiger partial charge in [0.25, 0.3) is 0 Å². The van der Waals surface area contributed by atoms with E-state index >= 15 is 0 Å². The zero-order valence-corrected chi connectivity index (χ0v) is 13.8. The molecule has 0 aromatic carbocycles. The van der Waals surface area contributed by atoms with Crippen molar-refractivity contribution in [2.75, 3.05) is 0 Å². The molecule has 89 valence electrons. The average Bonchev–Trinajstić information content (AvgIpc) is 2.76. The Kier molecular flexibility index (Phi) is 1.80. The number of hydrogen-bond acceptors (Lipinski definition) is 0. The van der Waals surface area contributed by atoms with Gasteiger partial charge in [-0.3, -0.25) is 0 Å². The van der Waals surface area contributed by atoms with Crippen LogP contribution in [0.15, 0.2) is 43.0 Å². The molecule has 0 N–H and O–H groups in total. The molecule has 2 rings (SSSR count). The van der Waals surface area contributed by atoms with Crippen LogP contribution in [0.2, 0.25) is 23.2 Å². The Bertz CT molecular complexity index is 441. The van der Waals surface area contributed by atoms with Crippen LogP contribution in [0.4, 0.5) is 0 Å². The summed E-state index contributed by atoms with van der Waals surface area (Å²) in [5.74, 6) is 0. The van der Waals surface area contributed by atoms with E-state index in [-0.39, 0.29) is 0 Å². The fourth-order valence-corrected chi connectivity index (χ4v) is 15.2. The third-order valence-corrected chi connectivity index (χ3v) is 24.3. The zero-order chi connectivity index (χ0) is 12.2. The van der Waals surface area contributed by atoms with Crippen molar-refractivity contribution < 1.29 is 15.8 Å². The molecule has 2 aliphatic rings. The van der Waals surface area contributed by atoms with Crippen molar-refractivity contribution >= 4 is 0 Å². The first-order valence-corrected chi connectivity index (χ1v) is 21.2. The van der Waals surface area contributed by atoms with E-state index in [1.807, 2.05) is 0 Å². The van der Waals surface area contributed by atoms with Crippen LogP contribution in [0, 0.1) is 0 Å². The van der Waals surface area contributed by atoms with E-state index < -0.39 is 15.8 Å². The molecule has 0 bridgehead atoms. The van der Waals surface area contributed by atoms with E-state index in [4.69, 9.17) is 0 Å². The van der Waals surface area contributed by atoms with E-state index in [9.17, 15) is 0 Å². The van der Waals surface area contributed by atoms with Gasteiger partial charge in [0.1, 0.15) is 0 Å². The second kappa shape index (κ2) is 2.34. The van der Waals surface area contributed by atoms with Crippen LogP contribution in [-0.4, -0.2) is 0 Å². The molecule has 16 heavy (non-hydrogen) atoms.